The summed E-state index contributed by atoms with van der Waals surface area (Å²) in [7, 11) is -5.74. The molecule has 1 N–H and O–H groups in total. The van der Waals surface area contributed by atoms with Crippen LogP contribution in [0.1, 0.15) is 58.8 Å². The van der Waals surface area contributed by atoms with Crippen molar-refractivity contribution in [3.63, 3.8) is 0 Å². The first-order valence-corrected chi connectivity index (χ1v) is 12.9. The van der Waals surface area contributed by atoms with Crippen LogP contribution in [0.2, 0.25) is 0 Å². The smallest absolute Gasteiger partial charge is 0.550 e. The van der Waals surface area contributed by atoms with E-state index in [1.807, 2.05) is 0 Å². The molecule has 0 saturated heterocycles. The molecule has 0 bridgehead atoms. The predicted molar refractivity (Wildman–Crippen MR) is 108 cm³/mol. The summed E-state index contributed by atoms with van der Waals surface area (Å²) in [6.07, 6.45) is -15.7. The van der Waals surface area contributed by atoms with Gasteiger partial charge < -0.3 is 14.6 Å². The van der Waals surface area contributed by atoms with Gasteiger partial charge in [-0.1, -0.05) is 39.5 Å². The summed E-state index contributed by atoms with van der Waals surface area (Å²) in [4.78, 5) is 22.9. The Morgan fingerprint density at radius 3 is 1.64 bits per heavy atom. The molecular weight excluding hydrogens is 654 g/mol. The van der Waals surface area contributed by atoms with E-state index in [4.69, 9.17) is 4.55 Å². The normalized spacial score (nSPS) is 16.3. The number of hydrogen-bond acceptors (Lipinski definition) is 6. The first-order chi connectivity index (χ1) is 18.0. The van der Waals surface area contributed by atoms with Crippen molar-refractivity contribution >= 4 is 22.1 Å². The minimum atomic E-state index is -8.16. The zero-order valence-electron chi connectivity index (χ0n) is 21.9. The van der Waals surface area contributed by atoms with Crippen LogP contribution in [0.4, 0.5) is 57.1 Å². The maximum atomic E-state index is 14.5. The average Bonchev–Trinajstić information content (AvgIpc) is 2.77. The number of hydrogen-bond donors (Lipinski definition) is 1. The Morgan fingerprint density at radius 2 is 1.29 bits per heavy atom. The molecule has 0 spiro atoms. The number of alkyl halides is 13. The van der Waals surface area contributed by atoms with E-state index in [1.54, 1.807) is 6.92 Å². The number of carbonyl (C=O) groups excluding carboxylic acids is 2. The summed E-state index contributed by atoms with van der Waals surface area (Å²) in [5.74, 6) is -44.3. The molecule has 0 aromatic rings. The summed E-state index contributed by atoms with van der Waals surface area (Å²) in [6.45, 7) is 2.95. The molecule has 0 heterocycles. The van der Waals surface area contributed by atoms with Gasteiger partial charge in [0.2, 0.25) is 0 Å². The molecule has 244 valence electrons. The van der Waals surface area contributed by atoms with Gasteiger partial charge in [0, 0.05) is 12.4 Å². The number of rotatable bonds is 17. The van der Waals surface area contributed by atoms with E-state index >= 15 is 0 Å². The minimum Gasteiger partial charge on any atom is -0.550 e. The van der Waals surface area contributed by atoms with Crippen molar-refractivity contribution in [3.05, 3.63) is 0 Å². The van der Waals surface area contributed by atoms with E-state index in [0.717, 1.165) is 0 Å². The van der Waals surface area contributed by atoms with Crippen molar-refractivity contribution in [1.29, 1.82) is 0 Å². The molecule has 0 amide bonds. The number of carboxylic acids is 1. The van der Waals surface area contributed by atoms with E-state index in [9.17, 15) is 80.2 Å². The molecule has 22 heteroatoms. The van der Waals surface area contributed by atoms with E-state index < -0.39 is 94.4 Å². The van der Waals surface area contributed by atoms with Gasteiger partial charge in [0.05, 0.1) is 6.42 Å². The van der Waals surface area contributed by atoms with Crippen LogP contribution in [0.5, 0.6) is 0 Å². The van der Waals surface area contributed by atoms with Crippen LogP contribution in [0.15, 0.2) is 0 Å². The van der Waals surface area contributed by atoms with Gasteiger partial charge >= 0.3 is 71.3 Å². The maximum absolute atomic E-state index is 14.5. The molecule has 0 aromatic carbocycles. The van der Waals surface area contributed by atoms with Crippen LogP contribution in [0.3, 0.4) is 0 Å². The number of aliphatic carboxylic acids is 1. The SMILES string of the molecule is CCCCC(CC)CC(CC(F)(F)C(F)(F)C(F)(F)C(F)(F)C(F)(F)C(F)(F)F)OC(=O)C(CC(=O)[O-])S(=O)(=O)O.[Na+]. The summed E-state index contributed by atoms with van der Waals surface area (Å²) in [5, 5.41) is 7.55. The monoisotopic (exact) mass is 678 g/mol. The van der Waals surface area contributed by atoms with Crippen molar-refractivity contribution in [2.75, 3.05) is 0 Å². The summed E-state index contributed by atoms with van der Waals surface area (Å²) in [5.41, 5.74) is 0. The second-order valence-electron chi connectivity index (χ2n) is 8.99. The number of ether oxygens (including phenoxy) is 1. The number of carbonyl (C=O) groups is 2. The molecule has 0 fully saturated rings. The Bertz CT molecular complexity index is 1020. The molecule has 0 radical (unpaired) electrons. The van der Waals surface area contributed by atoms with Crippen molar-refractivity contribution in [1.82, 2.24) is 0 Å². The third-order valence-corrected chi connectivity index (χ3v) is 6.96. The average molecular weight is 678 g/mol. The third-order valence-electron chi connectivity index (χ3n) is 5.88. The summed E-state index contributed by atoms with van der Waals surface area (Å²) >= 11 is 0. The molecule has 0 saturated carbocycles. The standard InChI is InChI=1S/C20H25F13O7S.Na/c1-3-5-6-10(4-2)7-11(40-14(36)12(8-13(34)35)41(37,38)39)9-15(21,22)16(23,24)17(25,26)18(27,28)19(29,30)20(31,32)33;/h10-12H,3-9H2,1-2H3,(H,34,35)(H,37,38,39);/q;+1/p-1. The molecule has 0 rings (SSSR count). The van der Waals surface area contributed by atoms with Crippen molar-refractivity contribution < 1.29 is 119 Å². The van der Waals surface area contributed by atoms with Gasteiger partial charge in [-0.2, -0.15) is 65.5 Å². The van der Waals surface area contributed by atoms with Crippen LogP contribution >= 0.6 is 0 Å². The Kier molecular flexibility index (Phi) is 15.2. The fourth-order valence-electron chi connectivity index (χ4n) is 3.44. The molecule has 0 aliphatic carbocycles. The fourth-order valence-corrected chi connectivity index (χ4v) is 4.09. The maximum Gasteiger partial charge on any atom is 1.00 e. The molecule has 0 aliphatic rings. The van der Waals surface area contributed by atoms with Gasteiger partial charge in [-0.3, -0.25) is 9.35 Å². The quantitative estimate of drug-likeness (QED) is 0.108. The molecule has 3 unspecified atom stereocenters. The Labute approximate surface area is 252 Å². The van der Waals surface area contributed by atoms with Gasteiger partial charge in [0.25, 0.3) is 10.1 Å². The minimum absolute atomic E-state index is 0. The topological polar surface area (TPSA) is 121 Å². The Morgan fingerprint density at radius 1 is 0.833 bits per heavy atom. The van der Waals surface area contributed by atoms with Crippen LogP contribution < -0.4 is 34.7 Å². The summed E-state index contributed by atoms with van der Waals surface area (Å²) in [6, 6.07) is 0. The van der Waals surface area contributed by atoms with E-state index in [-0.39, 0.29) is 48.8 Å². The molecule has 0 aliphatic heterocycles. The first-order valence-electron chi connectivity index (χ1n) is 11.4. The van der Waals surface area contributed by atoms with Crippen molar-refractivity contribution in [2.24, 2.45) is 5.92 Å². The van der Waals surface area contributed by atoms with E-state index in [1.165, 1.54) is 6.92 Å². The Balaban J connectivity index is 0. The van der Waals surface area contributed by atoms with Crippen LogP contribution in [0.25, 0.3) is 0 Å². The van der Waals surface area contributed by atoms with Crippen LogP contribution in [-0.4, -0.2) is 72.1 Å². The second-order valence-corrected chi connectivity index (χ2v) is 10.6. The van der Waals surface area contributed by atoms with Crippen molar-refractivity contribution in [2.45, 2.75) is 106 Å². The number of halogens is 13. The third kappa shape index (κ3) is 9.47. The summed E-state index contributed by atoms with van der Waals surface area (Å²) < 4.78 is 211. The molecule has 0 aromatic heterocycles. The molecule has 3 atom stereocenters. The van der Waals surface area contributed by atoms with Gasteiger partial charge in [-0.15, -0.1) is 0 Å². The van der Waals surface area contributed by atoms with Gasteiger partial charge in [0.15, 0.2) is 5.25 Å². The predicted octanol–water partition coefficient (Wildman–Crippen LogP) is 2.03. The number of esters is 1. The van der Waals surface area contributed by atoms with Gasteiger partial charge in [-0.25, -0.2) is 0 Å². The van der Waals surface area contributed by atoms with Crippen LogP contribution in [0, 0.1) is 5.92 Å². The second kappa shape index (κ2) is 14.8. The van der Waals surface area contributed by atoms with Crippen molar-refractivity contribution in [3.8, 4) is 0 Å². The molecular formula is C20H24F13NaO7S. The zero-order chi connectivity index (χ0) is 33.0. The fraction of sp³-hybridized carbons (Fsp3) is 0.900. The number of unbranched alkanes of at least 4 members (excludes halogenated alkanes) is 1. The van der Waals surface area contributed by atoms with E-state index in [0.29, 0.717) is 6.42 Å². The first kappa shape index (κ1) is 43.1. The zero-order valence-corrected chi connectivity index (χ0v) is 24.7. The Hall–Kier alpha value is -1.06. The molecule has 7 nitrogen and oxygen atoms in total. The molecule has 42 heavy (non-hydrogen) atoms. The largest absolute Gasteiger partial charge is 1.00 e. The van der Waals surface area contributed by atoms with E-state index in [2.05, 4.69) is 4.74 Å². The van der Waals surface area contributed by atoms with Gasteiger partial charge in [-0.05, 0) is 12.3 Å². The van der Waals surface area contributed by atoms with Gasteiger partial charge in [0.1, 0.15) is 6.10 Å². The number of carboxylic acid groups (broad SMARTS) is 1. The van der Waals surface area contributed by atoms with Crippen LogP contribution in [-0.2, 0) is 24.4 Å².